The second-order valence-electron chi connectivity index (χ2n) is 8.27. The maximum atomic E-state index is 13.1. The van der Waals surface area contributed by atoms with Gasteiger partial charge in [0.2, 0.25) is 23.6 Å². The second kappa shape index (κ2) is 8.38. The van der Waals surface area contributed by atoms with E-state index in [1.807, 2.05) is 0 Å². The Bertz CT molecular complexity index is 713. The highest BCUT2D eigenvalue weighted by Gasteiger charge is 2.44. The van der Waals surface area contributed by atoms with Gasteiger partial charge in [-0.05, 0) is 31.6 Å². The van der Waals surface area contributed by atoms with Crippen LogP contribution in [0.2, 0.25) is 0 Å². The van der Waals surface area contributed by atoms with Crippen molar-refractivity contribution in [3.63, 3.8) is 0 Å². The normalized spacial score (nSPS) is 31.4. The third-order valence-corrected chi connectivity index (χ3v) is 5.94. The van der Waals surface area contributed by atoms with Crippen LogP contribution in [0.25, 0.3) is 0 Å². The lowest BCUT2D eigenvalue weighted by molar-refractivity contribution is -0.148. The van der Waals surface area contributed by atoms with E-state index in [0.29, 0.717) is 38.8 Å². The zero-order valence-corrected chi connectivity index (χ0v) is 16.7. The number of carbonyl (C=O) groups is 5. The Labute approximate surface area is 169 Å². The summed E-state index contributed by atoms with van der Waals surface area (Å²) in [5.41, 5.74) is 0. The summed E-state index contributed by atoms with van der Waals surface area (Å²) in [6.45, 7) is 4.25. The van der Waals surface area contributed by atoms with Gasteiger partial charge in [-0.3, -0.25) is 19.2 Å². The molecule has 3 rings (SSSR count). The summed E-state index contributed by atoms with van der Waals surface area (Å²) in [4.78, 5) is 66.1. The average molecular weight is 408 g/mol. The lowest BCUT2D eigenvalue weighted by atomic mass is 10.0. The predicted octanol–water partition coefficient (Wildman–Crippen LogP) is -0.918. The first-order chi connectivity index (χ1) is 13.7. The van der Waals surface area contributed by atoms with Crippen molar-refractivity contribution in [2.45, 2.75) is 70.1 Å². The van der Waals surface area contributed by atoms with E-state index in [1.165, 1.54) is 9.80 Å². The first-order valence-corrected chi connectivity index (χ1v) is 10.1. The molecule has 3 fully saturated rings. The lowest BCUT2D eigenvalue weighted by Gasteiger charge is -2.31. The van der Waals surface area contributed by atoms with Gasteiger partial charge in [0, 0.05) is 13.1 Å². The van der Waals surface area contributed by atoms with Crippen molar-refractivity contribution in [1.82, 2.24) is 20.4 Å². The number of carbonyl (C=O) groups excluding carboxylic acids is 4. The number of rotatable bonds is 2. The molecule has 3 aliphatic rings. The summed E-state index contributed by atoms with van der Waals surface area (Å²) in [5.74, 6) is -3.47. The van der Waals surface area contributed by atoms with Gasteiger partial charge in [-0.25, -0.2) is 4.79 Å². The minimum Gasteiger partial charge on any atom is -0.480 e. The molecule has 0 aromatic heterocycles. The zero-order valence-electron chi connectivity index (χ0n) is 16.7. The lowest BCUT2D eigenvalue weighted by Crippen LogP contribution is -2.57. The molecule has 0 saturated carbocycles. The third-order valence-electron chi connectivity index (χ3n) is 5.94. The van der Waals surface area contributed by atoms with Crippen LogP contribution in [0.4, 0.5) is 0 Å². The van der Waals surface area contributed by atoms with Crippen LogP contribution in [0.15, 0.2) is 0 Å². The molecule has 4 atom stereocenters. The summed E-state index contributed by atoms with van der Waals surface area (Å²) < 4.78 is 0. The van der Waals surface area contributed by atoms with Crippen LogP contribution in [-0.2, 0) is 24.0 Å². The monoisotopic (exact) mass is 408 g/mol. The van der Waals surface area contributed by atoms with Crippen molar-refractivity contribution in [1.29, 1.82) is 0 Å². The predicted molar refractivity (Wildman–Crippen MR) is 100 cm³/mol. The fourth-order valence-electron chi connectivity index (χ4n) is 4.35. The minimum absolute atomic E-state index is 0.278. The van der Waals surface area contributed by atoms with Gasteiger partial charge >= 0.3 is 5.97 Å². The molecule has 0 unspecified atom stereocenters. The van der Waals surface area contributed by atoms with Gasteiger partial charge in [0.15, 0.2) is 0 Å². The Balaban J connectivity index is 1.97. The molecule has 3 heterocycles. The van der Waals surface area contributed by atoms with Crippen molar-refractivity contribution in [3.05, 3.63) is 0 Å². The number of nitrogens with zero attached hydrogens (tertiary/aromatic N) is 2. The van der Waals surface area contributed by atoms with Crippen LogP contribution in [-0.4, -0.2) is 81.8 Å². The summed E-state index contributed by atoms with van der Waals surface area (Å²) in [5, 5.41) is 14.6. The first kappa shape index (κ1) is 21.1. The van der Waals surface area contributed by atoms with Crippen LogP contribution in [0.5, 0.6) is 0 Å². The highest BCUT2D eigenvalue weighted by Crippen LogP contribution is 2.26. The molecular weight excluding hydrogens is 380 g/mol. The molecule has 0 aromatic rings. The molecule has 0 aromatic carbocycles. The van der Waals surface area contributed by atoms with Crippen molar-refractivity contribution in [2.24, 2.45) is 5.92 Å². The Kier molecular flexibility index (Phi) is 6.09. The Morgan fingerprint density at radius 3 is 2.21 bits per heavy atom. The van der Waals surface area contributed by atoms with Crippen molar-refractivity contribution in [3.8, 4) is 0 Å². The molecule has 0 aliphatic carbocycles. The molecule has 10 heteroatoms. The molecule has 0 bridgehead atoms. The Morgan fingerprint density at radius 1 is 0.966 bits per heavy atom. The number of carboxylic acids is 1. The molecule has 3 saturated heterocycles. The van der Waals surface area contributed by atoms with Crippen molar-refractivity contribution >= 4 is 29.6 Å². The number of aliphatic carboxylic acids is 1. The van der Waals surface area contributed by atoms with E-state index >= 15 is 0 Å². The van der Waals surface area contributed by atoms with E-state index in [0.717, 1.165) is 0 Å². The first-order valence-electron chi connectivity index (χ1n) is 10.1. The number of fused-ring (bicyclic) bond motifs is 2. The third kappa shape index (κ3) is 4.20. The zero-order chi connectivity index (χ0) is 21.3. The van der Waals surface area contributed by atoms with E-state index in [-0.39, 0.29) is 11.8 Å². The molecule has 0 radical (unpaired) electrons. The Morgan fingerprint density at radius 2 is 1.59 bits per heavy atom. The van der Waals surface area contributed by atoms with E-state index in [1.54, 1.807) is 13.8 Å². The fourth-order valence-corrected chi connectivity index (χ4v) is 4.35. The second-order valence-corrected chi connectivity index (χ2v) is 8.27. The van der Waals surface area contributed by atoms with Gasteiger partial charge < -0.3 is 25.5 Å². The van der Waals surface area contributed by atoms with Gasteiger partial charge in [-0.15, -0.1) is 0 Å². The quantitative estimate of drug-likeness (QED) is 0.541. The van der Waals surface area contributed by atoms with E-state index in [4.69, 9.17) is 0 Å². The van der Waals surface area contributed by atoms with Gasteiger partial charge in [0.05, 0.1) is 6.42 Å². The summed E-state index contributed by atoms with van der Waals surface area (Å²) in [6.07, 6.45) is 1.83. The summed E-state index contributed by atoms with van der Waals surface area (Å²) in [7, 11) is 0. The maximum Gasteiger partial charge on any atom is 0.326 e. The molecule has 3 aliphatic heterocycles. The van der Waals surface area contributed by atoms with Gasteiger partial charge in [0.1, 0.15) is 24.2 Å². The van der Waals surface area contributed by atoms with E-state index < -0.39 is 54.3 Å². The number of hydrogen-bond acceptors (Lipinski definition) is 5. The molecular formula is C19H28N4O6. The van der Waals surface area contributed by atoms with Crippen LogP contribution >= 0.6 is 0 Å². The van der Waals surface area contributed by atoms with Crippen molar-refractivity contribution < 1.29 is 29.1 Å². The van der Waals surface area contributed by atoms with Crippen LogP contribution < -0.4 is 10.6 Å². The van der Waals surface area contributed by atoms with E-state index in [2.05, 4.69) is 10.6 Å². The summed E-state index contributed by atoms with van der Waals surface area (Å²) >= 11 is 0. The molecule has 160 valence electrons. The average Bonchev–Trinajstić information content (AvgIpc) is 3.32. The van der Waals surface area contributed by atoms with Gasteiger partial charge in [0.25, 0.3) is 0 Å². The van der Waals surface area contributed by atoms with Crippen molar-refractivity contribution in [2.75, 3.05) is 13.1 Å². The largest absolute Gasteiger partial charge is 0.480 e. The van der Waals surface area contributed by atoms with Crippen LogP contribution in [0.3, 0.4) is 0 Å². The van der Waals surface area contributed by atoms with Crippen LogP contribution in [0.1, 0.15) is 46.0 Å². The number of amides is 4. The molecule has 3 N–H and O–H groups in total. The maximum absolute atomic E-state index is 13.1. The molecule has 4 amide bonds. The molecule has 0 spiro atoms. The molecule has 10 nitrogen and oxygen atoms in total. The minimum atomic E-state index is -1.43. The van der Waals surface area contributed by atoms with E-state index in [9.17, 15) is 29.1 Å². The molecule has 29 heavy (non-hydrogen) atoms. The SMILES string of the molecule is CC(C)[C@@H]1NC(=O)[C@@H]2CCCN2C(=O)[C@H]2CCCN2C(=O)C[C@H](C(=O)O)NC1=O. The van der Waals surface area contributed by atoms with Crippen LogP contribution in [0, 0.1) is 5.92 Å². The fraction of sp³-hybridized carbons (Fsp3) is 0.737. The highest BCUT2D eigenvalue weighted by atomic mass is 16.4. The van der Waals surface area contributed by atoms with Gasteiger partial charge in [-0.1, -0.05) is 13.8 Å². The number of carboxylic acid groups (broad SMARTS) is 1. The number of hydrogen-bond donors (Lipinski definition) is 3. The topological polar surface area (TPSA) is 136 Å². The highest BCUT2D eigenvalue weighted by molar-refractivity contribution is 5.97. The summed E-state index contributed by atoms with van der Waals surface area (Å²) in [6, 6.07) is -3.77. The van der Waals surface area contributed by atoms with Gasteiger partial charge in [-0.2, -0.15) is 0 Å². The number of nitrogens with one attached hydrogen (secondary N) is 2. The Hall–Kier alpha value is -2.65. The standard InChI is InChI=1S/C19H28N4O6/c1-10(2)15-17(26)20-11(19(28)29)9-14(24)22-7-4-6-13(22)18(27)23-8-3-5-12(23)16(25)21-15/h10-13,15H,3-9H2,1-2H3,(H,20,26)(H,21,25)(H,28,29)/t11-,12+,13-,15+/m1/s1. The smallest absolute Gasteiger partial charge is 0.326 e.